The molecule has 256 valence electrons. The van der Waals surface area contributed by atoms with Gasteiger partial charge in [-0.1, -0.05) is 70.2 Å². The maximum atomic E-state index is 13.5. The Kier molecular flexibility index (Phi) is 13.2. The van der Waals surface area contributed by atoms with E-state index >= 15 is 0 Å². The van der Waals surface area contributed by atoms with Crippen molar-refractivity contribution in [3.63, 3.8) is 0 Å². The number of pyridine rings is 2. The van der Waals surface area contributed by atoms with Crippen LogP contribution in [0, 0.1) is 11.8 Å². The first-order chi connectivity index (χ1) is 23.1. The van der Waals surface area contributed by atoms with E-state index in [2.05, 4.69) is 31.2 Å². The second-order valence-electron chi connectivity index (χ2n) is 12.3. The van der Waals surface area contributed by atoms with Crippen molar-refractivity contribution in [2.24, 2.45) is 11.8 Å². The molecule has 13 nitrogen and oxygen atoms in total. The Morgan fingerprint density at radius 3 is 1.73 bits per heavy atom. The zero-order valence-electron chi connectivity index (χ0n) is 27.6. The minimum absolute atomic E-state index is 0.0197. The van der Waals surface area contributed by atoms with Gasteiger partial charge >= 0.3 is 12.2 Å². The molecule has 0 spiro atoms. The van der Waals surface area contributed by atoms with Crippen LogP contribution in [0.3, 0.4) is 0 Å². The van der Waals surface area contributed by atoms with Gasteiger partial charge in [0.2, 0.25) is 11.8 Å². The van der Waals surface area contributed by atoms with Gasteiger partial charge in [-0.3, -0.25) is 19.6 Å². The topological polar surface area (TPSA) is 173 Å². The number of carbonyl (C=O) groups is 4. The summed E-state index contributed by atoms with van der Waals surface area (Å²) >= 11 is 0. The summed E-state index contributed by atoms with van der Waals surface area (Å²) < 4.78 is 16.5. The lowest BCUT2D eigenvalue weighted by atomic mass is 9.99. The van der Waals surface area contributed by atoms with Crippen molar-refractivity contribution in [2.75, 3.05) is 6.54 Å². The van der Waals surface area contributed by atoms with E-state index in [0.29, 0.717) is 6.42 Å². The van der Waals surface area contributed by atoms with E-state index in [1.807, 2.05) is 58.0 Å². The van der Waals surface area contributed by atoms with Crippen LogP contribution >= 0.6 is 0 Å². The van der Waals surface area contributed by atoms with Gasteiger partial charge in [0.25, 0.3) is 0 Å². The number of amides is 4. The number of aromatic nitrogens is 2. The third-order valence-corrected chi connectivity index (χ3v) is 7.75. The highest BCUT2D eigenvalue weighted by Gasteiger charge is 2.46. The van der Waals surface area contributed by atoms with Crippen LogP contribution in [-0.4, -0.2) is 70.8 Å². The Labute approximate surface area is 280 Å². The Morgan fingerprint density at radius 1 is 0.708 bits per heavy atom. The van der Waals surface area contributed by atoms with Crippen molar-refractivity contribution in [1.82, 2.24) is 31.2 Å². The number of nitrogens with one attached hydrogen (secondary N) is 4. The maximum absolute atomic E-state index is 13.5. The van der Waals surface area contributed by atoms with E-state index in [1.54, 1.807) is 49.1 Å². The molecule has 0 aliphatic carbocycles. The van der Waals surface area contributed by atoms with Crippen LogP contribution in [0.4, 0.5) is 9.59 Å². The Balaban J connectivity index is 1.32. The average molecular weight is 661 g/mol. The predicted octanol–water partition coefficient (Wildman–Crippen LogP) is 3.29. The molecule has 13 heteroatoms. The van der Waals surface area contributed by atoms with Gasteiger partial charge in [-0.05, 0) is 36.0 Å². The van der Waals surface area contributed by atoms with Gasteiger partial charge in [0.05, 0.1) is 6.04 Å². The van der Waals surface area contributed by atoms with Crippen LogP contribution in [0.2, 0.25) is 0 Å². The molecular formula is C35H44N6O7. The van der Waals surface area contributed by atoms with Crippen molar-refractivity contribution in [1.29, 1.82) is 0 Å². The molecule has 1 fully saturated rings. The number of epoxide rings is 1. The van der Waals surface area contributed by atoms with Crippen LogP contribution in [0.1, 0.15) is 44.4 Å². The maximum Gasteiger partial charge on any atom is 0.408 e. The molecule has 3 heterocycles. The number of hydrogen-bond donors (Lipinski definition) is 4. The second kappa shape index (κ2) is 17.8. The van der Waals surface area contributed by atoms with Gasteiger partial charge in [-0.2, -0.15) is 0 Å². The fourth-order valence-electron chi connectivity index (χ4n) is 5.05. The zero-order chi connectivity index (χ0) is 34.5. The Hall–Kier alpha value is -5.04. The summed E-state index contributed by atoms with van der Waals surface area (Å²) in [6.45, 7) is 7.52. The summed E-state index contributed by atoms with van der Waals surface area (Å²) in [5, 5.41) is 11.3. The molecule has 4 amide bonds. The van der Waals surface area contributed by atoms with E-state index in [9.17, 15) is 19.2 Å². The van der Waals surface area contributed by atoms with E-state index in [1.165, 1.54) is 0 Å². The molecule has 0 unspecified atom stereocenters. The molecular weight excluding hydrogens is 616 g/mol. The van der Waals surface area contributed by atoms with Gasteiger partial charge < -0.3 is 35.5 Å². The SMILES string of the molecule is CC(C)[C@H](NC(=O)OCc1cccnc1)C(=O)NC[C@@H]1O[C@@H]1[C@H](Cc1ccccc1)NC(=O)[C@H](NC(=O)OCc1cccnc1)C(C)C. The first kappa shape index (κ1) is 35.8. The second-order valence-corrected chi connectivity index (χ2v) is 12.3. The summed E-state index contributed by atoms with van der Waals surface area (Å²) in [4.78, 5) is 59.7. The molecule has 4 N–H and O–H groups in total. The molecule has 0 saturated carbocycles. The molecule has 1 aromatic carbocycles. The number of alkyl carbamates (subject to hydrolysis) is 2. The zero-order valence-corrected chi connectivity index (χ0v) is 27.6. The van der Waals surface area contributed by atoms with Crippen LogP contribution in [0.15, 0.2) is 79.4 Å². The third-order valence-electron chi connectivity index (χ3n) is 7.75. The number of nitrogens with zero attached hydrogens (tertiary/aromatic N) is 2. The highest BCUT2D eigenvalue weighted by molar-refractivity contribution is 5.86. The van der Waals surface area contributed by atoms with Crippen molar-refractivity contribution in [3.8, 4) is 0 Å². The predicted molar refractivity (Wildman–Crippen MR) is 176 cm³/mol. The number of carbonyl (C=O) groups excluding carboxylic acids is 4. The van der Waals surface area contributed by atoms with E-state index < -0.39 is 36.4 Å². The first-order valence-corrected chi connectivity index (χ1v) is 16.0. The first-order valence-electron chi connectivity index (χ1n) is 16.0. The fourth-order valence-corrected chi connectivity index (χ4v) is 5.05. The van der Waals surface area contributed by atoms with Crippen LogP contribution in [0.25, 0.3) is 0 Å². The molecule has 0 bridgehead atoms. The van der Waals surface area contributed by atoms with Crippen molar-refractivity contribution in [3.05, 3.63) is 96.1 Å². The monoisotopic (exact) mass is 660 g/mol. The van der Waals surface area contributed by atoms with Crippen LogP contribution in [0.5, 0.6) is 0 Å². The largest absolute Gasteiger partial charge is 0.445 e. The van der Waals surface area contributed by atoms with Gasteiger partial charge in [-0.25, -0.2) is 9.59 Å². The fraction of sp³-hybridized carbons (Fsp3) is 0.429. The lowest BCUT2D eigenvalue weighted by Gasteiger charge is -2.25. The molecule has 5 atom stereocenters. The van der Waals surface area contributed by atoms with Gasteiger partial charge in [0.15, 0.2) is 0 Å². The van der Waals surface area contributed by atoms with E-state index in [4.69, 9.17) is 14.2 Å². The summed E-state index contributed by atoms with van der Waals surface area (Å²) in [5.74, 6) is -1.21. The highest BCUT2D eigenvalue weighted by atomic mass is 16.6. The van der Waals surface area contributed by atoms with Crippen LogP contribution in [-0.2, 0) is 43.4 Å². The molecule has 48 heavy (non-hydrogen) atoms. The van der Waals surface area contributed by atoms with Gasteiger partial charge in [0.1, 0.15) is 37.5 Å². The molecule has 4 rings (SSSR count). The molecule has 0 radical (unpaired) electrons. The van der Waals surface area contributed by atoms with E-state index in [0.717, 1.165) is 16.7 Å². The Morgan fingerprint density at radius 2 is 1.23 bits per heavy atom. The smallest absolute Gasteiger partial charge is 0.408 e. The quantitative estimate of drug-likeness (QED) is 0.168. The highest BCUT2D eigenvalue weighted by Crippen LogP contribution is 2.27. The lowest BCUT2D eigenvalue weighted by Crippen LogP contribution is -2.54. The van der Waals surface area contributed by atoms with Crippen molar-refractivity contribution >= 4 is 24.0 Å². The van der Waals surface area contributed by atoms with Crippen molar-refractivity contribution < 1.29 is 33.4 Å². The van der Waals surface area contributed by atoms with Gasteiger partial charge in [0, 0.05) is 42.5 Å². The molecule has 1 saturated heterocycles. The number of hydrogen-bond acceptors (Lipinski definition) is 9. The molecule has 1 aliphatic heterocycles. The summed E-state index contributed by atoms with van der Waals surface area (Å²) in [5.41, 5.74) is 2.44. The number of ether oxygens (including phenoxy) is 3. The lowest BCUT2D eigenvalue weighted by molar-refractivity contribution is -0.125. The molecule has 3 aromatic rings. The minimum atomic E-state index is -0.864. The third kappa shape index (κ3) is 11.3. The molecule has 1 aliphatic rings. The summed E-state index contributed by atoms with van der Waals surface area (Å²) in [6, 6.07) is 14.6. The van der Waals surface area contributed by atoms with Crippen LogP contribution < -0.4 is 21.3 Å². The number of rotatable bonds is 16. The van der Waals surface area contributed by atoms with E-state index in [-0.39, 0.29) is 49.5 Å². The average Bonchev–Trinajstić information content (AvgIpc) is 3.87. The van der Waals surface area contributed by atoms with Gasteiger partial charge in [-0.15, -0.1) is 0 Å². The summed E-state index contributed by atoms with van der Waals surface area (Å²) in [6.07, 6.45) is 4.72. The standard InChI is InChI=1S/C35H44N6O7/c1-22(2)29(40-34(44)46-20-25-12-8-14-36-17-25)32(42)38-19-28-31(48-28)27(16-24-10-6-5-7-11-24)39-33(43)30(23(3)4)41-35(45)47-21-26-13-9-15-37-18-26/h5-15,17-18,22-23,27-31H,16,19-21H2,1-4H3,(H,38,42)(H,39,43)(H,40,44)(H,41,45)/t27-,28-,29-,30+,31+/m0/s1. The van der Waals surface area contributed by atoms with Crippen molar-refractivity contribution in [2.45, 2.75) is 77.7 Å². The Bertz CT molecular complexity index is 1480. The number of benzene rings is 1. The minimum Gasteiger partial charge on any atom is -0.445 e. The summed E-state index contributed by atoms with van der Waals surface area (Å²) in [7, 11) is 0. The normalized spacial score (nSPS) is 17.0. The molecule has 2 aromatic heterocycles.